The zero-order valence-electron chi connectivity index (χ0n) is 22.6. The van der Waals surface area contributed by atoms with Gasteiger partial charge < -0.3 is 15.7 Å². The van der Waals surface area contributed by atoms with Crippen LogP contribution in [-0.2, 0) is 6.54 Å². The number of hydrogen-bond acceptors (Lipinski definition) is 9. The van der Waals surface area contributed by atoms with Gasteiger partial charge in [0.15, 0.2) is 17.4 Å². The summed E-state index contributed by atoms with van der Waals surface area (Å²) in [5.74, 6) is -0.986. The highest BCUT2D eigenvalue weighted by Gasteiger charge is 2.25. The van der Waals surface area contributed by atoms with Crippen molar-refractivity contribution < 1.29 is 19.5 Å². The lowest BCUT2D eigenvalue weighted by molar-refractivity contribution is 0.0903. The Morgan fingerprint density at radius 3 is 2.45 bits per heavy atom. The van der Waals surface area contributed by atoms with Crippen LogP contribution in [0.15, 0.2) is 36.5 Å². The maximum absolute atomic E-state index is 13.7. The molecule has 13 nitrogen and oxygen atoms in total. The lowest BCUT2D eigenvalue weighted by Crippen LogP contribution is -2.41. The van der Waals surface area contributed by atoms with Crippen molar-refractivity contribution in [2.24, 2.45) is 0 Å². The van der Waals surface area contributed by atoms with Gasteiger partial charge >= 0.3 is 0 Å². The molecular weight excluding hydrogens is 538 g/mol. The Hall–Kier alpha value is -4.49. The van der Waals surface area contributed by atoms with Crippen LogP contribution in [0.3, 0.4) is 0 Å². The molecule has 0 aliphatic rings. The van der Waals surface area contributed by atoms with Crippen LogP contribution in [-0.4, -0.2) is 69.8 Å². The molecule has 0 unspecified atom stereocenters. The van der Waals surface area contributed by atoms with Crippen LogP contribution in [0.5, 0.6) is 0 Å². The molecule has 40 heavy (non-hydrogen) atoms. The molecule has 14 heteroatoms. The molecule has 0 radical (unpaired) electrons. The number of hydrogen-bond donors (Lipinski definition) is 3. The van der Waals surface area contributed by atoms with Gasteiger partial charge in [-0.2, -0.15) is 9.90 Å². The quantitative estimate of drug-likeness (QED) is 0.272. The predicted molar refractivity (Wildman–Crippen MR) is 146 cm³/mol. The van der Waals surface area contributed by atoms with Crippen molar-refractivity contribution in [3.63, 3.8) is 0 Å². The van der Waals surface area contributed by atoms with Crippen LogP contribution in [0.4, 0.5) is 5.69 Å². The number of tetrazole rings is 1. The summed E-state index contributed by atoms with van der Waals surface area (Å²) >= 11 is 6.38. The number of carbonyl (C=O) groups excluding carboxylic acids is 3. The number of amides is 2. The number of aryl methyl sites for hydroxylation is 2. The number of Topliss-reactive ketones (excluding diaryl/α,β-unsaturated/α-hetero) is 1. The topological polar surface area (TPSA) is 170 Å². The molecule has 0 atom stereocenters. The molecule has 208 valence electrons. The molecule has 0 aliphatic carbocycles. The molecule has 4 rings (SSSR count). The highest BCUT2D eigenvalue weighted by Crippen LogP contribution is 2.26. The Bertz CT molecular complexity index is 1600. The van der Waals surface area contributed by atoms with E-state index < -0.39 is 29.7 Å². The number of pyridine rings is 1. The van der Waals surface area contributed by atoms with Crippen LogP contribution in [0.25, 0.3) is 5.82 Å². The van der Waals surface area contributed by atoms with Crippen LogP contribution >= 0.6 is 11.6 Å². The summed E-state index contributed by atoms with van der Waals surface area (Å²) in [5, 5.41) is 31.7. The summed E-state index contributed by atoms with van der Waals surface area (Å²) in [5.41, 5.74) is 0.734. The fourth-order valence-corrected chi connectivity index (χ4v) is 4.07. The van der Waals surface area contributed by atoms with Gasteiger partial charge in [-0.3, -0.25) is 14.4 Å². The number of rotatable bonds is 8. The summed E-state index contributed by atoms with van der Waals surface area (Å²) in [6, 6.07) is 7.65. The number of halogens is 1. The summed E-state index contributed by atoms with van der Waals surface area (Å²) in [4.78, 5) is 44.9. The summed E-state index contributed by atoms with van der Waals surface area (Å²) in [6.07, 6.45) is 1.52. The van der Waals surface area contributed by atoms with Gasteiger partial charge in [0.05, 0.1) is 22.0 Å². The van der Waals surface area contributed by atoms with Crippen molar-refractivity contribution >= 4 is 34.9 Å². The maximum Gasteiger partial charge on any atom is 0.274 e. The van der Waals surface area contributed by atoms with E-state index in [4.69, 9.17) is 11.6 Å². The van der Waals surface area contributed by atoms with E-state index in [-0.39, 0.29) is 39.9 Å². The monoisotopic (exact) mass is 565 g/mol. The van der Waals surface area contributed by atoms with Gasteiger partial charge in [0.1, 0.15) is 18.8 Å². The maximum atomic E-state index is 13.7. The Labute approximate surface area is 234 Å². The Morgan fingerprint density at radius 2 is 1.82 bits per heavy atom. The number of ketones is 1. The van der Waals surface area contributed by atoms with E-state index in [9.17, 15) is 19.5 Å². The second-order valence-corrected chi connectivity index (χ2v) is 10.5. The van der Waals surface area contributed by atoms with E-state index in [1.54, 1.807) is 46.8 Å². The minimum atomic E-state index is -0.724. The summed E-state index contributed by atoms with van der Waals surface area (Å²) < 4.78 is 1.30. The second-order valence-electron chi connectivity index (χ2n) is 10.1. The first-order valence-corrected chi connectivity index (χ1v) is 12.6. The third-order valence-corrected chi connectivity index (χ3v) is 5.86. The van der Waals surface area contributed by atoms with Gasteiger partial charge in [0, 0.05) is 17.3 Å². The van der Waals surface area contributed by atoms with Crippen LogP contribution in [0, 0.1) is 13.8 Å². The smallest absolute Gasteiger partial charge is 0.274 e. The number of nitrogens with zero attached hydrogens (tertiary/aromatic N) is 7. The van der Waals surface area contributed by atoms with Crippen LogP contribution < -0.4 is 10.6 Å². The predicted octanol–water partition coefficient (Wildman–Crippen LogP) is 2.53. The summed E-state index contributed by atoms with van der Waals surface area (Å²) in [6.45, 7) is 8.16. The van der Waals surface area contributed by atoms with Gasteiger partial charge in [0.2, 0.25) is 0 Å². The van der Waals surface area contributed by atoms with E-state index in [1.807, 2.05) is 0 Å². The molecule has 1 aromatic carbocycles. The average Bonchev–Trinajstić information content (AvgIpc) is 3.49. The van der Waals surface area contributed by atoms with Gasteiger partial charge in [-0.15, -0.1) is 10.2 Å². The number of aliphatic hydroxyl groups excluding tert-OH is 1. The fraction of sp³-hybridized carbons (Fsp3) is 0.308. The number of aliphatic hydroxyl groups is 1. The number of nitrogens with one attached hydrogen (secondary N) is 2. The van der Waals surface area contributed by atoms with Crippen LogP contribution in [0.2, 0.25) is 5.02 Å². The van der Waals surface area contributed by atoms with Gasteiger partial charge in [-0.05, 0) is 75.7 Å². The number of anilines is 1. The van der Waals surface area contributed by atoms with Gasteiger partial charge in [0.25, 0.3) is 11.8 Å². The average molecular weight is 566 g/mol. The first kappa shape index (κ1) is 28.5. The van der Waals surface area contributed by atoms with E-state index in [0.717, 1.165) is 0 Å². The first-order valence-electron chi connectivity index (χ1n) is 12.2. The highest BCUT2D eigenvalue weighted by molar-refractivity contribution is 6.32. The molecule has 0 aliphatic heterocycles. The van der Waals surface area contributed by atoms with E-state index in [2.05, 4.69) is 36.1 Å². The molecule has 0 spiro atoms. The van der Waals surface area contributed by atoms with Crippen molar-refractivity contribution in [3.8, 4) is 5.82 Å². The molecule has 3 N–H and O–H groups in total. The molecule has 2 amide bonds. The molecule has 0 saturated heterocycles. The Morgan fingerprint density at radius 1 is 1.07 bits per heavy atom. The third-order valence-electron chi connectivity index (χ3n) is 5.56. The zero-order chi connectivity index (χ0) is 29.2. The Kier molecular flexibility index (Phi) is 8.07. The second kappa shape index (κ2) is 11.3. The minimum Gasteiger partial charge on any atom is -0.388 e. The molecule has 4 aromatic rings. The lowest BCUT2D eigenvalue weighted by Gasteiger charge is -2.23. The molecule has 3 aromatic heterocycles. The van der Waals surface area contributed by atoms with E-state index in [0.29, 0.717) is 17.1 Å². The van der Waals surface area contributed by atoms with Crippen LogP contribution in [0.1, 0.15) is 69.1 Å². The molecular formula is C26H28ClN9O4. The third kappa shape index (κ3) is 6.38. The zero-order valence-corrected chi connectivity index (χ0v) is 23.3. The number of aromatic nitrogens is 7. The first-order chi connectivity index (χ1) is 18.9. The van der Waals surface area contributed by atoms with Gasteiger partial charge in [-0.1, -0.05) is 11.6 Å². The van der Waals surface area contributed by atoms with Crippen molar-refractivity contribution in [3.05, 3.63) is 75.5 Å². The summed E-state index contributed by atoms with van der Waals surface area (Å²) in [7, 11) is 0. The van der Waals surface area contributed by atoms with Crippen molar-refractivity contribution in [2.75, 3.05) is 11.9 Å². The number of benzene rings is 1. The Balaban J connectivity index is 1.78. The molecule has 0 fully saturated rings. The van der Waals surface area contributed by atoms with Crippen molar-refractivity contribution in [2.45, 2.75) is 46.7 Å². The number of carbonyl (C=O) groups is 3. The lowest BCUT2D eigenvalue weighted by atomic mass is 9.99. The van der Waals surface area contributed by atoms with E-state index >= 15 is 0 Å². The van der Waals surface area contributed by atoms with Crippen molar-refractivity contribution in [1.82, 2.24) is 40.3 Å². The minimum absolute atomic E-state index is 0.0597. The fourth-order valence-electron chi connectivity index (χ4n) is 3.87. The standard InChI is InChI=1S/C26H28ClN9O4/c1-14-9-16(21(38)13-37)10-18(24(39)30-26(3,4)5)22(14)29-25(40)20-11-17(12-35-32-15(2)31-34-35)33-36(20)23-19(27)7-6-8-28-23/h6-11,37H,12-13H2,1-5H3,(H,29,40)(H,30,39). The molecule has 0 saturated carbocycles. The van der Waals surface area contributed by atoms with Crippen molar-refractivity contribution in [1.29, 1.82) is 0 Å². The highest BCUT2D eigenvalue weighted by atomic mass is 35.5. The SMILES string of the molecule is Cc1nnn(Cc2cc(C(=O)Nc3c(C)cc(C(=O)CO)cc3C(=O)NC(C)(C)C)n(-c3ncccc3Cl)n2)n1. The largest absolute Gasteiger partial charge is 0.388 e. The molecule has 0 bridgehead atoms. The normalized spacial score (nSPS) is 11.4. The van der Waals surface area contributed by atoms with Gasteiger partial charge in [-0.25, -0.2) is 9.67 Å². The molecule has 3 heterocycles. The van der Waals surface area contributed by atoms with E-state index in [1.165, 1.54) is 33.9 Å².